The van der Waals surface area contributed by atoms with Crippen LogP contribution in [0.15, 0.2) is 17.6 Å². The van der Waals surface area contributed by atoms with E-state index in [2.05, 4.69) is 9.97 Å². The summed E-state index contributed by atoms with van der Waals surface area (Å²) in [6.45, 7) is 1.20. The van der Waals surface area contributed by atoms with Crippen LogP contribution in [0.3, 0.4) is 0 Å². The average molecular weight is 354 g/mol. The van der Waals surface area contributed by atoms with Crippen molar-refractivity contribution in [1.82, 2.24) is 9.97 Å². The molecular weight excluding hydrogens is 346 g/mol. The molecule has 0 amide bonds. The van der Waals surface area contributed by atoms with Crippen LogP contribution in [0.2, 0.25) is 0 Å². The number of aromatic nitrogens is 2. The number of carbonyl (C=O) groups is 1. The molecule has 3 nitrogen and oxygen atoms in total. The van der Waals surface area contributed by atoms with E-state index in [1.807, 2.05) is 0 Å². The number of carbonyl (C=O) groups excluding carboxylic acids is 1. The van der Waals surface area contributed by atoms with Gasteiger partial charge in [0.1, 0.15) is 5.01 Å². The lowest BCUT2D eigenvalue weighted by Crippen LogP contribution is -2.24. The third-order valence-electron chi connectivity index (χ3n) is 2.87. The number of rotatable bonds is 3. The summed E-state index contributed by atoms with van der Waals surface area (Å²) >= 11 is 0.765. The SMILES string of the molecule is Cc1ncc(-c2csc(CC(=O)C(F)(F)F)n2)cc1C(F)(F)F. The minimum atomic E-state index is -4.97. The fourth-order valence-electron chi connectivity index (χ4n) is 1.72. The van der Waals surface area contributed by atoms with Gasteiger partial charge < -0.3 is 0 Å². The largest absolute Gasteiger partial charge is 0.450 e. The van der Waals surface area contributed by atoms with Crippen molar-refractivity contribution in [2.75, 3.05) is 0 Å². The van der Waals surface area contributed by atoms with Crippen LogP contribution in [-0.4, -0.2) is 21.9 Å². The number of ketones is 1. The molecule has 0 N–H and O–H groups in total. The molecule has 2 aromatic rings. The van der Waals surface area contributed by atoms with Gasteiger partial charge in [0.05, 0.1) is 17.7 Å². The zero-order valence-electron chi connectivity index (χ0n) is 11.4. The molecule has 10 heteroatoms. The minimum absolute atomic E-state index is 0.0184. The smallest absolute Gasteiger partial charge is 0.289 e. The monoisotopic (exact) mass is 354 g/mol. The normalized spacial score (nSPS) is 12.5. The summed E-state index contributed by atoms with van der Waals surface area (Å²) in [5, 5.41) is 1.15. The Morgan fingerprint density at radius 2 is 1.87 bits per heavy atom. The van der Waals surface area contributed by atoms with Gasteiger partial charge in [-0.3, -0.25) is 9.78 Å². The van der Waals surface area contributed by atoms with E-state index in [-0.39, 0.29) is 22.0 Å². The van der Waals surface area contributed by atoms with Crippen molar-refractivity contribution < 1.29 is 31.1 Å². The predicted octanol–water partition coefficient (Wildman–Crippen LogP) is 4.21. The zero-order chi connectivity index (χ0) is 17.4. The first-order valence-electron chi connectivity index (χ1n) is 6.07. The lowest BCUT2D eigenvalue weighted by molar-refractivity contribution is -0.170. The Hall–Kier alpha value is -1.97. The van der Waals surface area contributed by atoms with Gasteiger partial charge in [0.25, 0.3) is 0 Å². The maximum absolute atomic E-state index is 12.8. The van der Waals surface area contributed by atoms with Crippen LogP contribution < -0.4 is 0 Å². The summed E-state index contributed by atoms with van der Waals surface area (Å²) in [7, 11) is 0. The molecule has 0 saturated carbocycles. The highest BCUT2D eigenvalue weighted by molar-refractivity contribution is 7.10. The third kappa shape index (κ3) is 4.06. The Kier molecular flexibility index (Phi) is 4.47. The van der Waals surface area contributed by atoms with E-state index in [4.69, 9.17) is 0 Å². The Labute approximate surface area is 130 Å². The summed E-state index contributed by atoms with van der Waals surface area (Å²) in [5.74, 6) is -1.96. The van der Waals surface area contributed by atoms with Gasteiger partial charge in [-0.05, 0) is 13.0 Å². The van der Waals surface area contributed by atoms with Gasteiger partial charge in [-0.15, -0.1) is 11.3 Å². The van der Waals surface area contributed by atoms with Gasteiger partial charge in [-0.1, -0.05) is 0 Å². The van der Waals surface area contributed by atoms with Gasteiger partial charge in [-0.25, -0.2) is 4.98 Å². The first-order valence-corrected chi connectivity index (χ1v) is 6.95. The van der Waals surface area contributed by atoms with Crippen LogP contribution in [0.25, 0.3) is 11.3 Å². The van der Waals surface area contributed by atoms with Gasteiger partial charge in [0.2, 0.25) is 5.78 Å². The van der Waals surface area contributed by atoms with Crippen molar-refractivity contribution in [3.63, 3.8) is 0 Å². The van der Waals surface area contributed by atoms with Crippen molar-refractivity contribution in [3.8, 4) is 11.3 Å². The third-order valence-corrected chi connectivity index (χ3v) is 3.72. The van der Waals surface area contributed by atoms with Crippen LogP contribution in [0.1, 0.15) is 16.3 Å². The second-order valence-corrected chi connectivity index (χ2v) is 5.52. The van der Waals surface area contributed by atoms with Crippen LogP contribution >= 0.6 is 11.3 Å². The van der Waals surface area contributed by atoms with Crippen molar-refractivity contribution >= 4 is 17.1 Å². The fourth-order valence-corrected chi connectivity index (χ4v) is 2.52. The lowest BCUT2D eigenvalue weighted by atomic mass is 10.1. The molecule has 0 atom stereocenters. The van der Waals surface area contributed by atoms with Crippen LogP contribution in [-0.2, 0) is 17.4 Å². The Balaban J connectivity index is 2.29. The summed E-state index contributed by atoms with van der Waals surface area (Å²) in [6, 6.07) is 0.826. The van der Waals surface area contributed by atoms with Crippen molar-refractivity contribution in [1.29, 1.82) is 0 Å². The number of nitrogens with zero attached hydrogens (tertiary/aromatic N) is 2. The van der Waals surface area contributed by atoms with Crippen LogP contribution in [0.5, 0.6) is 0 Å². The molecule has 124 valence electrons. The van der Waals surface area contributed by atoms with Gasteiger partial charge in [0, 0.05) is 22.8 Å². The molecule has 0 aromatic carbocycles. The number of Topliss-reactive ketones (excluding diaryl/α,β-unsaturated/α-hetero) is 1. The van der Waals surface area contributed by atoms with E-state index in [0.29, 0.717) is 0 Å². The van der Waals surface area contributed by atoms with Gasteiger partial charge in [-0.2, -0.15) is 26.3 Å². The van der Waals surface area contributed by atoms with E-state index in [1.165, 1.54) is 12.3 Å². The summed E-state index contributed by atoms with van der Waals surface area (Å²) in [5.41, 5.74) is -1.11. The topological polar surface area (TPSA) is 42.9 Å². The number of halogens is 6. The number of pyridine rings is 1. The van der Waals surface area contributed by atoms with Crippen LogP contribution in [0, 0.1) is 6.92 Å². The van der Waals surface area contributed by atoms with E-state index in [9.17, 15) is 31.1 Å². The molecule has 2 heterocycles. The fraction of sp³-hybridized carbons (Fsp3) is 0.308. The molecule has 2 aromatic heterocycles. The Morgan fingerprint density at radius 3 is 2.43 bits per heavy atom. The number of aryl methyl sites for hydroxylation is 1. The molecular formula is C13H8F6N2OS. The highest BCUT2D eigenvalue weighted by atomic mass is 32.1. The molecule has 0 bridgehead atoms. The molecule has 0 spiro atoms. The van der Waals surface area contributed by atoms with E-state index >= 15 is 0 Å². The van der Waals surface area contributed by atoms with E-state index < -0.39 is 30.1 Å². The Bertz CT molecular complexity index is 735. The summed E-state index contributed by atoms with van der Waals surface area (Å²) < 4.78 is 75.0. The zero-order valence-corrected chi connectivity index (χ0v) is 12.2. The molecule has 2 rings (SSSR count). The van der Waals surface area contributed by atoms with Gasteiger partial charge in [0.15, 0.2) is 0 Å². The van der Waals surface area contributed by atoms with Crippen LogP contribution in [0.4, 0.5) is 26.3 Å². The number of alkyl halides is 6. The first-order chi connectivity index (χ1) is 10.5. The van der Waals surface area contributed by atoms with E-state index in [1.54, 1.807) is 0 Å². The summed E-state index contributed by atoms with van der Waals surface area (Å²) in [6.07, 6.45) is -9.37. The molecule has 0 saturated heterocycles. The van der Waals surface area contributed by atoms with Crippen molar-refractivity contribution in [3.05, 3.63) is 33.9 Å². The molecule has 0 unspecified atom stereocenters. The van der Waals surface area contributed by atoms with Crippen molar-refractivity contribution in [2.45, 2.75) is 25.7 Å². The summed E-state index contributed by atoms with van der Waals surface area (Å²) in [4.78, 5) is 18.3. The maximum atomic E-state index is 12.8. The second-order valence-electron chi connectivity index (χ2n) is 4.58. The minimum Gasteiger partial charge on any atom is -0.289 e. The average Bonchev–Trinajstić information content (AvgIpc) is 2.85. The molecule has 0 aliphatic heterocycles. The molecule has 0 radical (unpaired) electrons. The molecule has 23 heavy (non-hydrogen) atoms. The number of thiazole rings is 1. The van der Waals surface area contributed by atoms with E-state index in [0.717, 1.165) is 23.6 Å². The second kappa shape index (κ2) is 5.91. The van der Waals surface area contributed by atoms with Gasteiger partial charge >= 0.3 is 12.4 Å². The number of hydrogen-bond acceptors (Lipinski definition) is 4. The highest BCUT2D eigenvalue weighted by Gasteiger charge is 2.38. The predicted molar refractivity (Wildman–Crippen MR) is 69.8 cm³/mol. The lowest BCUT2D eigenvalue weighted by Gasteiger charge is -2.10. The number of hydrogen-bond donors (Lipinski definition) is 0. The molecule has 0 aliphatic carbocycles. The Morgan fingerprint density at radius 1 is 1.22 bits per heavy atom. The van der Waals surface area contributed by atoms with Crippen molar-refractivity contribution in [2.24, 2.45) is 0 Å². The standard InChI is InChI=1S/C13H8F6N2OS/c1-6-8(12(14,15)16)2-7(4-20-6)9-5-23-11(21-9)3-10(22)13(17,18)19/h2,4-5H,3H2,1H3. The molecule has 0 fully saturated rings. The maximum Gasteiger partial charge on any atom is 0.450 e. The molecule has 0 aliphatic rings. The highest BCUT2D eigenvalue weighted by Crippen LogP contribution is 2.34. The first kappa shape index (κ1) is 17.4. The quantitative estimate of drug-likeness (QED) is 0.776.